The van der Waals surface area contributed by atoms with Gasteiger partial charge in [0.15, 0.2) is 0 Å². The van der Waals surface area contributed by atoms with Crippen molar-refractivity contribution in [3.8, 4) is 5.75 Å². The average Bonchev–Trinajstić information content (AvgIpc) is 2.65. The minimum Gasteiger partial charge on any atom is -0.495 e. The van der Waals surface area contributed by atoms with Crippen molar-refractivity contribution in [1.82, 2.24) is 5.32 Å². The Labute approximate surface area is 153 Å². The van der Waals surface area contributed by atoms with Gasteiger partial charge >= 0.3 is 6.03 Å². The first-order valence-electron chi connectivity index (χ1n) is 7.71. The summed E-state index contributed by atoms with van der Waals surface area (Å²) >= 11 is 0. The summed E-state index contributed by atoms with van der Waals surface area (Å²) < 4.78 is 5.16. The molecule has 9 nitrogen and oxygen atoms in total. The Hall–Kier alpha value is -4.01. The number of carbonyl (C=O) groups is 3. The van der Waals surface area contributed by atoms with Crippen LogP contribution in [0.3, 0.4) is 0 Å². The van der Waals surface area contributed by atoms with Crippen molar-refractivity contribution < 1.29 is 24.0 Å². The lowest BCUT2D eigenvalue weighted by Crippen LogP contribution is -2.54. The number of anilines is 1. The third-order valence-electron chi connectivity index (χ3n) is 3.82. The van der Waals surface area contributed by atoms with Gasteiger partial charge in [-0.15, -0.1) is 0 Å². The first-order valence-corrected chi connectivity index (χ1v) is 7.71. The molecule has 0 bridgehead atoms. The second-order valence-corrected chi connectivity index (χ2v) is 5.48. The molecule has 4 amide bonds. The number of rotatable bonds is 4. The van der Waals surface area contributed by atoms with Gasteiger partial charge in [0.2, 0.25) is 0 Å². The Bertz CT molecular complexity index is 998. The molecule has 2 aromatic carbocycles. The van der Waals surface area contributed by atoms with Gasteiger partial charge in [0.05, 0.1) is 17.7 Å². The normalized spacial score (nSPS) is 15.7. The molecule has 0 atom stereocenters. The number of hydrogen-bond acceptors (Lipinski definition) is 6. The molecule has 1 heterocycles. The third-order valence-corrected chi connectivity index (χ3v) is 3.82. The summed E-state index contributed by atoms with van der Waals surface area (Å²) in [5, 5.41) is 13.0. The van der Waals surface area contributed by atoms with Gasteiger partial charge in [-0.05, 0) is 23.8 Å². The number of nitrogens with zero attached hydrogens (tertiary/aromatic N) is 2. The van der Waals surface area contributed by atoms with Crippen LogP contribution < -0.4 is 15.0 Å². The van der Waals surface area contributed by atoms with Crippen molar-refractivity contribution >= 4 is 35.3 Å². The molecule has 0 radical (unpaired) electrons. The summed E-state index contributed by atoms with van der Waals surface area (Å²) in [6.45, 7) is 0. The Morgan fingerprint density at radius 3 is 2.56 bits per heavy atom. The van der Waals surface area contributed by atoms with Crippen LogP contribution in [0.4, 0.5) is 16.2 Å². The summed E-state index contributed by atoms with van der Waals surface area (Å²) in [7, 11) is 1.39. The lowest BCUT2D eigenvalue weighted by molar-refractivity contribution is -0.384. The van der Waals surface area contributed by atoms with Gasteiger partial charge < -0.3 is 4.74 Å². The molecule has 1 N–H and O–H groups in total. The number of imide groups is 2. The number of carbonyl (C=O) groups excluding carboxylic acids is 3. The molecule has 9 heteroatoms. The van der Waals surface area contributed by atoms with E-state index in [-0.39, 0.29) is 28.3 Å². The number of nitrogens with one attached hydrogen (secondary N) is 1. The Morgan fingerprint density at radius 1 is 1.11 bits per heavy atom. The van der Waals surface area contributed by atoms with Crippen LogP contribution >= 0.6 is 0 Å². The summed E-state index contributed by atoms with van der Waals surface area (Å²) in [4.78, 5) is 48.3. The molecule has 3 rings (SSSR count). The van der Waals surface area contributed by atoms with E-state index in [9.17, 15) is 24.5 Å². The van der Waals surface area contributed by atoms with Crippen LogP contribution in [0.25, 0.3) is 6.08 Å². The standard InChI is InChI=1S/C18H13N3O6/c1-27-15-8-3-2-7-14(15)20-17(23)13(16(22)19-18(20)24)10-11-5-4-6-12(9-11)21(25)26/h2-10H,1H3,(H,19,22,24)/b13-10-. The van der Waals surface area contributed by atoms with Gasteiger partial charge in [0, 0.05) is 12.1 Å². The zero-order valence-corrected chi connectivity index (χ0v) is 14.0. The molecule has 0 aromatic heterocycles. The van der Waals surface area contributed by atoms with E-state index in [2.05, 4.69) is 5.32 Å². The first kappa shape index (κ1) is 17.8. The Kier molecular flexibility index (Phi) is 4.67. The Balaban J connectivity index is 2.05. The fourth-order valence-electron chi connectivity index (χ4n) is 2.59. The van der Waals surface area contributed by atoms with E-state index in [0.29, 0.717) is 0 Å². The zero-order chi connectivity index (χ0) is 19.6. The van der Waals surface area contributed by atoms with Crippen molar-refractivity contribution in [3.05, 3.63) is 69.8 Å². The van der Waals surface area contributed by atoms with E-state index in [1.807, 2.05) is 0 Å². The van der Waals surface area contributed by atoms with Crippen LogP contribution in [-0.4, -0.2) is 29.9 Å². The van der Waals surface area contributed by atoms with Crippen molar-refractivity contribution in [2.24, 2.45) is 0 Å². The second kappa shape index (κ2) is 7.08. The van der Waals surface area contributed by atoms with Gasteiger partial charge in [-0.25, -0.2) is 9.69 Å². The maximum absolute atomic E-state index is 12.8. The number of barbiturate groups is 1. The van der Waals surface area contributed by atoms with E-state index >= 15 is 0 Å². The predicted octanol–water partition coefficient (Wildman–Crippen LogP) is 2.27. The second-order valence-electron chi connectivity index (χ2n) is 5.48. The molecule has 0 saturated carbocycles. The number of para-hydroxylation sites is 2. The van der Waals surface area contributed by atoms with Crippen molar-refractivity contribution in [2.45, 2.75) is 0 Å². The quantitative estimate of drug-likeness (QED) is 0.383. The highest BCUT2D eigenvalue weighted by Gasteiger charge is 2.38. The molecule has 1 aliphatic rings. The zero-order valence-electron chi connectivity index (χ0n) is 14.0. The number of methoxy groups -OCH3 is 1. The van der Waals surface area contributed by atoms with E-state index in [0.717, 1.165) is 4.90 Å². The van der Waals surface area contributed by atoms with E-state index in [4.69, 9.17) is 4.74 Å². The number of ether oxygens (including phenoxy) is 1. The van der Waals surface area contributed by atoms with E-state index in [1.165, 1.54) is 43.5 Å². The molecular formula is C18H13N3O6. The van der Waals surface area contributed by atoms with E-state index < -0.39 is 22.8 Å². The highest BCUT2D eigenvalue weighted by Crippen LogP contribution is 2.30. The SMILES string of the molecule is COc1ccccc1N1C(=O)NC(=O)/C(=C/c2cccc([N+](=O)[O-])c2)C1=O. The van der Waals surface area contributed by atoms with Crippen LogP contribution in [0.5, 0.6) is 5.75 Å². The fourth-order valence-corrected chi connectivity index (χ4v) is 2.59. The average molecular weight is 367 g/mol. The summed E-state index contributed by atoms with van der Waals surface area (Å²) in [6, 6.07) is 10.9. The lowest BCUT2D eigenvalue weighted by Gasteiger charge is -2.27. The van der Waals surface area contributed by atoms with Gasteiger partial charge in [0.25, 0.3) is 17.5 Å². The fraction of sp³-hybridized carbons (Fsp3) is 0.0556. The molecule has 1 aliphatic heterocycles. The van der Waals surface area contributed by atoms with Gasteiger partial charge in [-0.3, -0.25) is 25.0 Å². The predicted molar refractivity (Wildman–Crippen MR) is 95.1 cm³/mol. The molecule has 0 aliphatic carbocycles. The van der Waals surface area contributed by atoms with E-state index in [1.54, 1.807) is 18.2 Å². The summed E-state index contributed by atoms with van der Waals surface area (Å²) in [5.41, 5.74) is -0.0800. The monoisotopic (exact) mass is 367 g/mol. The molecular weight excluding hydrogens is 354 g/mol. The minimum atomic E-state index is -0.911. The van der Waals surface area contributed by atoms with Crippen LogP contribution in [0.15, 0.2) is 54.1 Å². The third kappa shape index (κ3) is 3.38. The topological polar surface area (TPSA) is 119 Å². The molecule has 27 heavy (non-hydrogen) atoms. The number of nitro benzene ring substituents is 1. The van der Waals surface area contributed by atoms with Crippen LogP contribution in [0, 0.1) is 10.1 Å². The van der Waals surface area contributed by atoms with Gasteiger partial charge in [-0.2, -0.15) is 0 Å². The van der Waals surface area contributed by atoms with Crippen molar-refractivity contribution in [1.29, 1.82) is 0 Å². The number of urea groups is 1. The minimum absolute atomic E-state index is 0.167. The summed E-state index contributed by atoms with van der Waals surface area (Å²) in [6.07, 6.45) is 1.19. The molecule has 1 saturated heterocycles. The number of amides is 4. The number of hydrogen-bond donors (Lipinski definition) is 1. The highest BCUT2D eigenvalue weighted by atomic mass is 16.6. The van der Waals surface area contributed by atoms with Crippen LogP contribution in [0.1, 0.15) is 5.56 Å². The largest absolute Gasteiger partial charge is 0.495 e. The molecule has 0 unspecified atom stereocenters. The lowest BCUT2D eigenvalue weighted by atomic mass is 10.1. The maximum atomic E-state index is 12.8. The first-order chi connectivity index (χ1) is 12.9. The number of non-ortho nitro benzene ring substituents is 1. The molecule has 0 spiro atoms. The molecule has 2 aromatic rings. The van der Waals surface area contributed by atoms with Crippen molar-refractivity contribution in [3.63, 3.8) is 0 Å². The molecule has 136 valence electrons. The van der Waals surface area contributed by atoms with Gasteiger partial charge in [0.1, 0.15) is 11.3 Å². The van der Waals surface area contributed by atoms with Gasteiger partial charge in [-0.1, -0.05) is 24.3 Å². The maximum Gasteiger partial charge on any atom is 0.336 e. The Morgan fingerprint density at radius 2 is 1.85 bits per heavy atom. The number of benzene rings is 2. The molecule has 1 fully saturated rings. The number of nitro groups is 1. The van der Waals surface area contributed by atoms with Crippen molar-refractivity contribution in [2.75, 3.05) is 12.0 Å². The highest BCUT2D eigenvalue weighted by molar-refractivity contribution is 6.39. The van der Waals surface area contributed by atoms with Crippen LogP contribution in [0.2, 0.25) is 0 Å². The van der Waals surface area contributed by atoms with Crippen LogP contribution in [-0.2, 0) is 9.59 Å². The summed E-state index contributed by atoms with van der Waals surface area (Å²) in [5.74, 6) is -1.48. The smallest absolute Gasteiger partial charge is 0.336 e.